The van der Waals surface area contributed by atoms with Crippen molar-refractivity contribution in [3.05, 3.63) is 54.4 Å². The molecule has 0 amide bonds. The maximum Gasteiger partial charge on any atom is 0.152 e. The zero-order valence-corrected chi connectivity index (χ0v) is 18.4. The molecule has 3 aromatic rings. The molecule has 4 heteroatoms. The number of imidazole rings is 1. The highest BCUT2D eigenvalue weighted by Crippen LogP contribution is 2.24. The third-order valence-corrected chi connectivity index (χ3v) is 5.45. The number of rotatable bonds is 11. The summed E-state index contributed by atoms with van der Waals surface area (Å²) in [6.07, 6.45) is 10.1. The molecular weight excluding hydrogens is 358 g/mol. The van der Waals surface area contributed by atoms with Gasteiger partial charge in [0, 0.05) is 31.0 Å². The Bertz CT molecular complexity index is 877. The molecule has 0 aliphatic rings. The molecule has 2 heterocycles. The second-order valence-electron chi connectivity index (χ2n) is 7.80. The van der Waals surface area contributed by atoms with Crippen LogP contribution in [-0.2, 0) is 0 Å². The lowest BCUT2D eigenvalue weighted by molar-refractivity contribution is 0.0202. The Morgan fingerprint density at radius 3 is 2.28 bits per heavy atom. The molecule has 29 heavy (non-hydrogen) atoms. The van der Waals surface area contributed by atoms with Crippen LogP contribution in [0.4, 0.5) is 0 Å². The van der Waals surface area contributed by atoms with Gasteiger partial charge >= 0.3 is 0 Å². The first-order valence-corrected chi connectivity index (χ1v) is 11.1. The first-order valence-electron chi connectivity index (χ1n) is 11.1. The maximum absolute atomic E-state index is 6.39. The van der Waals surface area contributed by atoms with E-state index in [0.29, 0.717) is 0 Å². The predicted molar refractivity (Wildman–Crippen MR) is 121 cm³/mol. The normalized spacial score (nSPS) is 12.6. The van der Waals surface area contributed by atoms with Gasteiger partial charge in [-0.1, -0.05) is 39.7 Å². The number of fused-ring (bicyclic) bond motifs is 1. The second kappa shape index (κ2) is 10.4. The van der Waals surface area contributed by atoms with Crippen molar-refractivity contribution in [2.75, 3.05) is 13.1 Å². The van der Waals surface area contributed by atoms with Gasteiger partial charge in [-0.2, -0.15) is 0 Å². The van der Waals surface area contributed by atoms with Gasteiger partial charge in [0.2, 0.25) is 0 Å². The molecule has 3 rings (SSSR count). The lowest BCUT2D eigenvalue weighted by atomic mass is 10.1. The molecule has 0 saturated carbocycles. The zero-order valence-electron chi connectivity index (χ0n) is 18.4. The largest absolute Gasteiger partial charge is 0.475 e. The summed E-state index contributed by atoms with van der Waals surface area (Å²) in [5, 5.41) is 0. The van der Waals surface area contributed by atoms with Crippen molar-refractivity contribution in [3.8, 4) is 17.0 Å². The fraction of sp³-hybridized carbons (Fsp3) is 0.480. The molecule has 2 aromatic heterocycles. The molecule has 156 valence electrons. The van der Waals surface area contributed by atoms with Gasteiger partial charge in [0.1, 0.15) is 11.4 Å². The van der Waals surface area contributed by atoms with Gasteiger partial charge in [-0.3, -0.25) is 4.90 Å². The highest BCUT2D eigenvalue weighted by Gasteiger charge is 2.17. The zero-order chi connectivity index (χ0) is 20.6. The van der Waals surface area contributed by atoms with Gasteiger partial charge in [-0.15, -0.1) is 0 Å². The summed E-state index contributed by atoms with van der Waals surface area (Å²) in [4.78, 5) is 7.30. The Morgan fingerprint density at radius 2 is 1.69 bits per heavy atom. The molecule has 0 saturated heterocycles. The summed E-state index contributed by atoms with van der Waals surface area (Å²) in [6, 6.07) is 12.5. The van der Waals surface area contributed by atoms with E-state index >= 15 is 0 Å². The Hall–Kier alpha value is -2.33. The lowest BCUT2D eigenvalue weighted by Gasteiger charge is -2.31. The van der Waals surface area contributed by atoms with Crippen molar-refractivity contribution in [2.45, 2.75) is 66.0 Å². The lowest BCUT2D eigenvalue weighted by Crippen LogP contribution is -2.40. The van der Waals surface area contributed by atoms with Crippen molar-refractivity contribution in [2.24, 2.45) is 0 Å². The number of hydrogen-bond acceptors (Lipinski definition) is 3. The minimum atomic E-state index is 0.136. The van der Waals surface area contributed by atoms with E-state index in [4.69, 9.17) is 9.72 Å². The fourth-order valence-electron chi connectivity index (χ4n) is 3.69. The van der Waals surface area contributed by atoms with Crippen LogP contribution in [0.1, 0.15) is 58.4 Å². The Labute approximate surface area is 175 Å². The Kier molecular flexibility index (Phi) is 7.70. The molecule has 0 aliphatic carbocycles. The smallest absolute Gasteiger partial charge is 0.152 e. The summed E-state index contributed by atoms with van der Waals surface area (Å²) in [6.45, 7) is 11.0. The van der Waals surface area contributed by atoms with Crippen LogP contribution in [0, 0.1) is 6.92 Å². The van der Waals surface area contributed by atoms with Crippen LogP contribution in [0.25, 0.3) is 16.9 Å². The van der Waals surface area contributed by atoms with E-state index in [1.165, 1.54) is 31.2 Å². The molecular formula is C25H35N3O. The molecule has 0 spiro atoms. The number of hydrogen-bond donors (Lipinski definition) is 0. The SMILES string of the molecule is CCCCN(CCCC)C(CC)Oc1ccc(-c2cn3cccc(C)c3n2)cc1. The van der Waals surface area contributed by atoms with Crippen LogP contribution in [0.3, 0.4) is 0 Å². The third-order valence-electron chi connectivity index (χ3n) is 5.45. The van der Waals surface area contributed by atoms with Crippen LogP contribution in [0.15, 0.2) is 48.8 Å². The molecule has 1 atom stereocenters. The van der Waals surface area contributed by atoms with Crippen molar-refractivity contribution < 1.29 is 4.74 Å². The van der Waals surface area contributed by atoms with Crippen molar-refractivity contribution in [1.82, 2.24) is 14.3 Å². The van der Waals surface area contributed by atoms with E-state index in [1.54, 1.807) is 0 Å². The summed E-state index contributed by atoms with van der Waals surface area (Å²) in [7, 11) is 0. The number of unbranched alkanes of at least 4 members (excludes halogenated alkanes) is 2. The van der Waals surface area contributed by atoms with Gasteiger partial charge in [-0.25, -0.2) is 4.98 Å². The predicted octanol–water partition coefficient (Wildman–Crippen LogP) is 6.33. The van der Waals surface area contributed by atoms with Crippen LogP contribution in [-0.4, -0.2) is 33.6 Å². The van der Waals surface area contributed by atoms with Crippen molar-refractivity contribution >= 4 is 5.65 Å². The molecule has 1 unspecified atom stereocenters. The first kappa shape index (κ1) is 21.4. The van der Waals surface area contributed by atoms with Gasteiger partial charge in [0.25, 0.3) is 0 Å². The quantitative estimate of drug-likeness (QED) is 0.357. The average molecular weight is 394 g/mol. The number of benzene rings is 1. The fourth-order valence-corrected chi connectivity index (χ4v) is 3.69. The molecule has 4 nitrogen and oxygen atoms in total. The Balaban J connectivity index is 1.72. The molecule has 1 aromatic carbocycles. The van der Waals surface area contributed by atoms with Crippen LogP contribution in [0.2, 0.25) is 0 Å². The van der Waals surface area contributed by atoms with E-state index < -0.39 is 0 Å². The van der Waals surface area contributed by atoms with Gasteiger partial charge in [0.15, 0.2) is 6.23 Å². The summed E-state index contributed by atoms with van der Waals surface area (Å²) < 4.78 is 8.47. The van der Waals surface area contributed by atoms with Gasteiger partial charge in [0.05, 0.1) is 5.69 Å². The molecule has 0 fully saturated rings. The summed E-state index contributed by atoms with van der Waals surface area (Å²) in [5.41, 5.74) is 4.30. The number of pyridine rings is 1. The molecule has 0 N–H and O–H groups in total. The second-order valence-corrected chi connectivity index (χ2v) is 7.80. The van der Waals surface area contributed by atoms with Gasteiger partial charge < -0.3 is 9.14 Å². The van der Waals surface area contributed by atoms with Crippen molar-refractivity contribution in [3.63, 3.8) is 0 Å². The minimum absolute atomic E-state index is 0.136. The highest BCUT2D eigenvalue weighted by molar-refractivity contribution is 5.64. The molecule has 0 radical (unpaired) electrons. The summed E-state index contributed by atoms with van der Waals surface area (Å²) >= 11 is 0. The van der Waals surface area contributed by atoms with E-state index in [9.17, 15) is 0 Å². The molecule has 0 bridgehead atoms. The van der Waals surface area contributed by atoms with Gasteiger partial charge in [-0.05, 0) is 62.1 Å². The first-order chi connectivity index (χ1) is 14.2. The standard InChI is InChI=1S/C25H35N3O/c1-5-8-16-27(17-9-6-2)24(7-3)29-22-14-12-21(13-15-22)23-19-28-18-10-11-20(4)25(28)26-23/h10-15,18-19,24H,5-9,16-17H2,1-4H3. The number of nitrogens with zero attached hydrogens (tertiary/aromatic N) is 3. The van der Waals surface area contributed by atoms with E-state index in [-0.39, 0.29) is 6.23 Å². The van der Waals surface area contributed by atoms with E-state index in [2.05, 4.69) is 79.6 Å². The topological polar surface area (TPSA) is 29.8 Å². The van der Waals surface area contributed by atoms with Crippen LogP contribution in [0.5, 0.6) is 5.75 Å². The number of aromatic nitrogens is 2. The third kappa shape index (κ3) is 5.39. The number of aryl methyl sites for hydroxylation is 1. The number of ether oxygens (including phenoxy) is 1. The van der Waals surface area contributed by atoms with Crippen LogP contribution < -0.4 is 4.74 Å². The summed E-state index contributed by atoms with van der Waals surface area (Å²) in [5.74, 6) is 0.929. The molecule has 0 aliphatic heterocycles. The van der Waals surface area contributed by atoms with Crippen LogP contribution >= 0.6 is 0 Å². The highest BCUT2D eigenvalue weighted by atomic mass is 16.5. The Morgan fingerprint density at radius 1 is 1.00 bits per heavy atom. The van der Waals surface area contributed by atoms with E-state index in [0.717, 1.165) is 42.2 Å². The maximum atomic E-state index is 6.39. The average Bonchev–Trinajstić information content (AvgIpc) is 3.19. The van der Waals surface area contributed by atoms with Crippen molar-refractivity contribution in [1.29, 1.82) is 0 Å². The monoisotopic (exact) mass is 393 g/mol. The minimum Gasteiger partial charge on any atom is -0.475 e. The van der Waals surface area contributed by atoms with E-state index in [1.807, 2.05) is 6.20 Å².